The summed E-state index contributed by atoms with van der Waals surface area (Å²) in [6, 6.07) is 4.72. The Labute approximate surface area is 110 Å². The summed E-state index contributed by atoms with van der Waals surface area (Å²) in [7, 11) is 2.03. The van der Waals surface area contributed by atoms with Crippen molar-refractivity contribution in [1.82, 2.24) is 10.3 Å². The first-order valence-electron chi connectivity index (χ1n) is 7.01. The van der Waals surface area contributed by atoms with Crippen LogP contribution in [0.2, 0.25) is 0 Å². The summed E-state index contributed by atoms with van der Waals surface area (Å²) in [6.07, 6.45) is 8.48. The van der Waals surface area contributed by atoms with Gasteiger partial charge in [-0.25, -0.2) is 0 Å². The monoisotopic (exact) mass is 248 g/mol. The Bertz CT molecular complexity index is 361. The van der Waals surface area contributed by atoms with Gasteiger partial charge in [-0.2, -0.15) is 0 Å². The summed E-state index contributed by atoms with van der Waals surface area (Å²) in [4.78, 5) is 4.25. The van der Waals surface area contributed by atoms with E-state index in [4.69, 9.17) is 4.74 Å². The molecule has 3 heteroatoms. The van der Waals surface area contributed by atoms with E-state index in [0.29, 0.717) is 12.1 Å². The maximum Gasteiger partial charge on any atom is 0.0576 e. The number of hydrogen-bond acceptors (Lipinski definition) is 3. The molecular formula is C15H24N2O. The molecule has 2 atom stereocenters. The van der Waals surface area contributed by atoms with Crippen molar-refractivity contribution in [3.63, 3.8) is 0 Å². The molecule has 1 aliphatic rings. The topological polar surface area (TPSA) is 34.1 Å². The summed E-state index contributed by atoms with van der Waals surface area (Å²) in [5.41, 5.74) is 2.43. The predicted octanol–water partition coefficient (Wildman–Crippen LogP) is 3.00. The standard InChI is InChI=1S/C15H24N2O/c1-12-11-13(8-9-17-12)15(16-2)7-3-5-14-6-4-10-18-14/h8-9,11,14-16H,3-7,10H2,1-2H3. The third-order valence-electron chi connectivity index (χ3n) is 3.71. The maximum atomic E-state index is 5.66. The molecule has 0 aliphatic carbocycles. The van der Waals surface area contributed by atoms with Crippen molar-refractivity contribution >= 4 is 0 Å². The summed E-state index contributed by atoms with van der Waals surface area (Å²) in [5.74, 6) is 0. The van der Waals surface area contributed by atoms with E-state index < -0.39 is 0 Å². The van der Waals surface area contributed by atoms with Crippen LogP contribution in [0.25, 0.3) is 0 Å². The van der Waals surface area contributed by atoms with Crippen molar-refractivity contribution in [3.8, 4) is 0 Å². The molecule has 3 nitrogen and oxygen atoms in total. The number of nitrogens with one attached hydrogen (secondary N) is 1. The molecule has 1 aromatic heterocycles. The van der Waals surface area contributed by atoms with Crippen LogP contribution in [0.3, 0.4) is 0 Å². The van der Waals surface area contributed by atoms with Crippen molar-refractivity contribution in [1.29, 1.82) is 0 Å². The summed E-state index contributed by atoms with van der Waals surface area (Å²) in [5, 5.41) is 3.40. The lowest BCUT2D eigenvalue weighted by atomic mass is 9.99. The van der Waals surface area contributed by atoms with Crippen molar-refractivity contribution in [3.05, 3.63) is 29.6 Å². The highest BCUT2D eigenvalue weighted by Crippen LogP contribution is 2.23. The molecule has 2 heterocycles. The molecule has 1 N–H and O–H groups in total. The van der Waals surface area contributed by atoms with Gasteiger partial charge in [-0.15, -0.1) is 0 Å². The van der Waals surface area contributed by atoms with Crippen LogP contribution in [0.1, 0.15) is 49.4 Å². The zero-order valence-electron chi connectivity index (χ0n) is 11.5. The normalized spacial score (nSPS) is 21.1. The van der Waals surface area contributed by atoms with Crippen molar-refractivity contribution in [2.24, 2.45) is 0 Å². The van der Waals surface area contributed by atoms with Crippen LogP contribution in [0, 0.1) is 6.92 Å². The minimum Gasteiger partial charge on any atom is -0.378 e. The average molecular weight is 248 g/mol. The second-order valence-electron chi connectivity index (χ2n) is 5.14. The summed E-state index contributed by atoms with van der Waals surface area (Å²) < 4.78 is 5.66. The van der Waals surface area contributed by atoms with E-state index in [2.05, 4.69) is 22.4 Å². The minimum atomic E-state index is 0.438. The van der Waals surface area contributed by atoms with Gasteiger partial charge in [-0.1, -0.05) is 0 Å². The lowest BCUT2D eigenvalue weighted by Crippen LogP contribution is -2.17. The van der Waals surface area contributed by atoms with Crippen molar-refractivity contribution in [2.45, 2.75) is 51.2 Å². The first-order valence-corrected chi connectivity index (χ1v) is 7.01. The van der Waals surface area contributed by atoms with E-state index in [-0.39, 0.29) is 0 Å². The summed E-state index contributed by atoms with van der Waals surface area (Å²) in [6.45, 7) is 3.01. The van der Waals surface area contributed by atoms with Crippen LogP contribution in [0.5, 0.6) is 0 Å². The second kappa shape index (κ2) is 6.86. The largest absolute Gasteiger partial charge is 0.378 e. The van der Waals surface area contributed by atoms with Crippen LogP contribution in [-0.4, -0.2) is 24.7 Å². The van der Waals surface area contributed by atoms with Gasteiger partial charge in [0.1, 0.15) is 0 Å². The fourth-order valence-electron chi connectivity index (χ4n) is 2.68. The van der Waals surface area contributed by atoms with Crippen LogP contribution >= 0.6 is 0 Å². The Morgan fingerprint density at radius 2 is 2.44 bits per heavy atom. The molecule has 0 aromatic carbocycles. The highest BCUT2D eigenvalue weighted by Gasteiger charge is 2.16. The molecule has 0 amide bonds. The number of pyridine rings is 1. The lowest BCUT2D eigenvalue weighted by molar-refractivity contribution is 0.101. The Morgan fingerprint density at radius 1 is 1.56 bits per heavy atom. The fraction of sp³-hybridized carbons (Fsp3) is 0.667. The van der Waals surface area contributed by atoms with Gasteiger partial charge in [-0.3, -0.25) is 4.98 Å². The quantitative estimate of drug-likeness (QED) is 0.840. The number of nitrogens with zero attached hydrogens (tertiary/aromatic N) is 1. The van der Waals surface area contributed by atoms with Crippen molar-refractivity contribution < 1.29 is 4.74 Å². The van der Waals surface area contributed by atoms with Crippen LogP contribution in [0.15, 0.2) is 18.3 Å². The minimum absolute atomic E-state index is 0.438. The molecule has 1 aromatic rings. The number of aromatic nitrogens is 1. The molecule has 2 rings (SSSR count). The van der Waals surface area contributed by atoms with E-state index in [1.165, 1.54) is 37.7 Å². The number of hydrogen-bond donors (Lipinski definition) is 1. The van der Waals surface area contributed by atoms with E-state index in [1.807, 2.05) is 20.2 Å². The Morgan fingerprint density at radius 3 is 3.11 bits per heavy atom. The molecule has 0 spiro atoms. The van der Waals surface area contributed by atoms with Crippen LogP contribution in [0.4, 0.5) is 0 Å². The first kappa shape index (κ1) is 13.5. The van der Waals surface area contributed by atoms with Gasteiger partial charge in [0.25, 0.3) is 0 Å². The molecule has 1 saturated heterocycles. The van der Waals surface area contributed by atoms with Gasteiger partial charge >= 0.3 is 0 Å². The SMILES string of the molecule is CNC(CCCC1CCCO1)c1ccnc(C)c1. The zero-order chi connectivity index (χ0) is 12.8. The molecule has 2 unspecified atom stereocenters. The molecule has 0 radical (unpaired) electrons. The fourth-order valence-corrected chi connectivity index (χ4v) is 2.68. The highest BCUT2D eigenvalue weighted by atomic mass is 16.5. The van der Waals surface area contributed by atoms with Gasteiger partial charge in [0, 0.05) is 24.5 Å². The molecule has 18 heavy (non-hydrogen) atoms. The third kappa shape index (κ3) is 3.79. The Hall–Kier alpha value is -0.930. The molecule has 0 bridgehead atoms. The van der Waals surface area contributed by atoms with Crippen LogP contribution < -0.4 is 5.32 Å². The van der Waals surface area contributed by atoms with Crippen LogP contribution in [-0.2, 0) is 4.74 Å². The predicted molar refractivity (Wildman–Crippen MR) is 73.6 cm³/mol. The highest BCUT2D eigenvalue weighted by molar-refractivity contribution is 5.19. The van der Waals surface area contributed by atoms with Gasteiger partial charge < -0.3 is 10.1 Å². The molecule has 100 valence electrons. The summed E-state index contributed by atoms with van der Waals surface area (Å²) >= 11 is 0. The molecular weight excluding hydrogens is 224 g/mol. The second-order valence-corrected chi connectivity index (χ2v) is 5.14. The van der Waals surface area contributed by atoms with E-state index in [9.17, 15) is 0 Å². The Balaban J connectivity index is 1.81. The van der Waals surface area contributed by atoms with Crippen molar-refractivity contribution in [2.75, 3.05) is 13.7 Å². The first-order chi connectivity index (χ1) is 8.79. The lowest BCUT2D eigenvalue weighted by Gasteiger charge is -2.18. The molecule has 0 saturated carbocycles. The van der Waals surface area contributed by atoms with Gasteiger partial charge in [0.15, 0.2) is 0 Å². The van der Waals surface area contributed by atoms with E-state index >= 15 is 0 Å². The number of rotatable bonds is 6. The average Bonchev–Trinajstić information content (AvgIpc) is 2.88. The molecule has 1 aliphatic heterocycles. The van der Waals surface area contributed by atoms with Gasteiger partial charge in [0.05, 0.1) is 6.10 Å². The third-order valence-corrected chi connectivity index (χ3v) is 3.71. The zero-order valence-corrected chi connectivity index (χ0v) is 11.5. The maximum absolute atomic E-state index is 5.66. The van der Waals surface area contributed by atoms with E-state index in [1.54, 1.807) is 0 Å². The molecule has 1 fully saturated rings. The van der Waals surface area contributed by atoms with Gasteiger partial charge in [-0.05, 0) is 63.8 Å². The van der Waals surface area contributed by atoms with E-state index in [0.717, 1.165) is 12.3 Å². The Kier molecular flexibility index (Phi) is 5.14. The van der Waals surface area contributed by atoms with Gasteiger partial charge in [0.2, 0.25) is 0 Å². The number of aryl methyl sites for hydroxylation is 1. The number of ether oxygens (including phenoxy) is 1. The smallest absolute Gasteiger partial charge is 0.0576 e.